The van der Waals surface area contributed by atoms with Gasteiger partial charge in [-0.15, -0.1) is 0 Å². The van der Waals surface area contributed by atoms with Crippen molar-refractivity contribution in [2.75, 3.05) is 0 Å². The fourth-order valence-electron chi connectivity index (χ4n) is 1.67. The van der Waals surface area contributed by atoms with Crippen LogP contribution in [0.15, 0.2) is 18.2 Å². The Morgan fingerprint density at radius 3 is 2.46 bits per heavy atom. The molecule has 0 unspecified atom stereocenters. The molecule has 0 aliphatic carbocycles. The molecule has 0 atom stereocenters. The van der Waals surface area contributed by atoms with E-state index in [-0.39, 0.29) is 6.61 Å². The van der Waals surface area contributed by atoms with Crippen molar-refractivity contribution < 1.29 is 5.11 Å². The second-order valence-corrected chi connectivity index (χ2v) is 3.45. The third-order valence-corrected chi connectivity index (χ3v) is 2.34. The predicted molar refractivity (Wildman–Crippen MR) is 55.4 cm³/mol. The highest BCUT2D eigenvalue weighted by Gasteiger charge is 2.08. The zero-order valence-electron chi connectivity index (χ0n) is 8.59. The van der Waals surface area contributed by atoms with Crippen molar-refractivity contribution in [2.24, 2.45) is 0 Å². The SMILES string of the molecule is CCc1c(CO)cccc1[C](C)C. The minimum atomic E-state index is 0.143. The van der Waals surface area contributed by atoms with Crippen molar-refractivity contribution in [3.8, 4) is 0 Å². The summed E-state index contributed by atoms with van der Waals surface area (Å²) in [5.74, 6) is 1.31. The molecule has 71 valence electrons. The molecule has 1 N–H and O–H groups in total. The molecule has 1 aromatic carbocycles. The summed E-state index contributed by atoms with van der Waals surface area (Å²) < 4.78 is 0. The maximum absolute atomic E-state index is 9.15. The zero-order valence-corrected chi connectivity index (χ0v) is 8.59. The summed E-state index contributed by atoms with van der Waals surface area (Å²) in [5.41, 5.74) is 3.63. The smallest absolute Gasteiger partial charge is 0.0684 e. The van der Waals surface area contributed by atoms with E-state index in [1.165, 1.54) is 17.0 Å². The number of hydrogen-bond acceptors (Lipinski definition) is 1. The van der Waals surface area contributed by atoms with Gasteiger partial charge in [-0.1, -0.05) is 39.0 Å². The van der Waals surface area contributed by atoms with Crippen molar-refractivity contribution in [1.82, 2.24) is 0 Å². The molecule has 0 saturated carbocycles. The van der Waals surface area contributed by atoms with Gasteiger partial charge in [0.2, 0.25) is 0 Å². The molecule has 1 rings (SSSR count). The van der Waals surface area contributed by atoms with Crippen LogP contribution in [0.4, 0.5) is 0 Å². The standard InChI is InChI=1S/C12H17O/c1-4-11-10(8-13)6-5-7-12(11)9(2)3/h5-7,13H,4,8H2,1-3H3. The lowest BCUT2D eigenvalue weighted by molar-refractivity contribution is 0.280. The molecule has 0 bridgehead atoms. The summed E-state index contributed by atoms with van der Waals surface area (Å²) >= 11 is 0. The highest BCUT2D eigenvalue weighted by atomic mass is 16.3. The Bertz CT molecular complexity index is 276. The van der Waals surface area contributed by atoms with E-state index in [0.29, 0.717) is 0 Å². The van der Waals surface area contributed by atoms with Gasteiger partial charge in [0.1, 0.15) is 0 Å². The molecule has 1 aromatic rings. The molecular formula is C12H17O. The first-order valence-electron chi connectivity index (χ1n) is 4.72. The van der Waals surface area contributed by atoms with Crippen LogP contribution in [-0.4, -0.2) is 5.11 Å². The van der Waals surface area contributed by atoms with Crippen LogP contribution in [0.3, 0.4) is 0 Å². The van der Waals surface area contributed by atoms with E-state index in [4.69, 9.17) is 5.11 Å². The van der Waals surface area contributed by atoms with Gasteiger partial charge in [0.05, 0.1) is 6.61 Å². The van der Waals surface area contributed by atoms with Crippen molar-refractivity contribution >= 4 is 0 Å². The van der Waals surface area contributed by atoms with Gasteiger partial charge in [0, 0.05) is 0 Å². The van der Waals surface area contributed by atoms with Gasteiger partial charge in [0.25, 0.3) is 0 Å². The average molecular weight is 177 g/mol. The van der Waals surface area contributed by atoms with Crippen molar-refractivity contribution in [3.05, 3.63) is 40.8 Å². The molecule has 0 heterocycles. The highest BCUT2D eigenvalue weighted by Crippen LogP contribution is 2.22. The van der Waals surface area contributed by atoms with E-state index < -0.39 is 0 Å². The molecule has 0 saturated heterocycles. The van der Waals surface area contributed by atoms with Crippen LogP contribution in [-0.2, 0) is 13.0 Å². The molecule has 1 radical (unpaired) electrons. The highest BCUT2D eigenvalue weighted by molar-refractivity contribution is 5.42. The fraction of sp³-hybridized carbons (Fsp3) is 0.417. The van der Waals surface area contributed by atoms with Gasteiger partial charge in [-0.05, 0) is 29.0 Å². The Hall–Kier alpha value is -0.820. The number of aliphatic hydroxyl groups is 1. The topological polar surface area (TPSA) is 20.2 Å². The van der Waals surface area contributed by atoms with Crippen LogP contribution in [0.25, 0.3) is 0 Å². The van der Waals surface area contributed by atoms with Crippen molar-refractivity contribution in [2.45, 2.75) is 33.8 Å². The lowest BCUT2D eigenvalue weighted by Gasteiger charge is -2.14. The van der Waals surface area contributed by atoms with E-state index in [2.05, 4.69) is 26.8 Å². The summed E-state index contributed by atoms with van der Waals surface area (Å²) in [6, 6.07) is 6.12. The zero-order chi connectivity index (χ0) is 9.84. The average Bonchev–Trinajstić information content (AvgIpc) is 2.16. The molecule has 0 aliphatic heterocycles. The summed E-state index contributed by atoms with van der Waals surface area (Å²) in [5, 5.41) is 9.15. The van der Waals surface area contributed by atoms with Crippen LogP contribution in [0.1, 0.15) is 37.5 Å². The lowest BCUT2D eigenvalue weighted by atomic mass is 9.92. The molecule has 0 amide bonds. The van der Waals surface area contributed by atoms with Crippen LogP contribution in [0.2, 0.25) is 0 Å². The normalized spacial score (nSPS) is 10.8. The van der Waals surface area contributed by atoms with E-state index in [1.807, 2.05) is 12.1 Å². The third kappa shape index (κ3) is 2.10. The lowest BCUT2D eigenvalue weighted by Crippen LogP contribution is -2.00. The van der Waals surface area contributed by atoms with E-state index in [0.717, 1.165) is 12.0 Å². The molecule has 13 heavy (non-hydrogen) atoms. The van der Waals surface area contributed by atoms with Crippen molar-refractivity contribution in [1.29, 1.82) is 0 Å². The first-order valence-corrected chi connectivity index (χ1v) is 4.72. The van der Waals surface area contributed by atoms with E-state index in [9.17, 15) is 0 Å². The number of aliphatic hydroxyl groups excluding tert-OH is 1. The van der Waals surface area contributed by atoms with Crippen LogP contribution < -0.4 is 0 Å². The first kappa shape index (κ1) is 10.3. The number of rotatable bonds is 3. The van der Waals surface area contributed by atoms with Gasteiger partial charge in [0.15, 0.2) is 0 Å². The van der Waals surface area contributed by atoms with E-state index >= 15 is 0 Å². The Kier molecular flexibility index (Phi) is 3.49. The van der Waals surface area contributed by atoms with E-state index in [1.54, 1.807) is 0 Å². The second kappa shape index (κ2) is 4.43. The first-order chi connectivity index (χ1) is 6.20. The summed E-state index contributed by atoms with van der Waals surface area (Å²) in [7, 11) is 0. The molecule has 0 fully saturated rings. The third-order valence-electron chi connectivity index (χ3n) is 2.34. The quantitative estimate of drug-likeness (QED) is 0.752. The summed E-state index contributed by atoms with van der Waals surface area (Å²) in [6.45, 7) is 6.48. The monoisotopic (exact) mass is 177 g/mol. The Morgan fingerprint density at radius 2 is 2.00 bits per heavy atom. The second-order valence-electron chi connectivity index (χ2n) is 3.45. The Balaban J connectivity index is 3.19. The van der Waals surface area contributed by atoms with Gasteiger partial charge in [-0.25, -0.2) is 0 Å². The Labute approximate surface area is 80.4 Å². The fourth-order valence-corrected chi connectivity index (χ4v) is 1.67. The molecular weight excluding hydrogens is 160 g/mol. The maximum atomic E-state index is 9.15. The number of hydrogen-bond donors (Lipinski definition) is 1. The van der Waals surface area contributed by atoms with Gasteiger partial charge in [-0.2, -0.15) is 0 Å². The molecule has 1 nitrogen and oxygen atoms in total. The molecule has 0 aromatic heterocycles. The van der Waals surface area contributed by atoms with Crippen LogP contribution in [0, 0.1) is 5.92 Å². The summed E-state index contributed by atoms with van der Waals surface area (Å²) in [4.78, 5) is 0. The van der Waals surface area contributed by atoms with Gasteiger partial charge < -0.3 is 5.11 Å². The minimum absolute atomic E-state index is 0.143. The molecule has 0 aliphatic rings. The maximum Gasteiger partial charge on any atom is 0.0684 e. The summed E-state index contributed by atoms with van der Waals surface area (Å²) in [6.07, 6.45) is 0.983. The van der Waals surface area contributed by atoms with Crippen LogP contribution >= 0.6 is 0 Å². The molecule has 1 heteroatoms. The van der Waals surface area contributed by atoms with Gasteiger partial charge in [-0.3, -0.25) is 0 Å². The van der Waals surface area contributed by atoms with Crippen molar-refractivity contribution in [3.63, 3.8) is 0 Å². The molecule has 0 spiro atoms. The Morgan fingerprint density at radius 1 is 1.31 bits per heavy atom. The van der Waals surface area contributed by atoms with Gasteiger partial charge >= 0.3 is 0 Å². The van der Waals surface area contributed by atoms with Crippen LogP contribution in [0.5, 0.6) is 0 Å². The predicted octanol–water partition coefficient (Wildman–Crippen LogP) is 2.70. The number of benzene rings is 1. The minimum Gasteiger partial charge on any atom is -0.392 e. The largest absolute Gasteiger partial charge is 0.392 e.